The van der Waals surface area contributed by atoms with E-state index in [0.29, 0.717) is 6.04 Å². The average molecular weight is 283 g/mol. The molecular formula is C13H21N3O2S. The Hall–Kier alpha value is -0.590. The molecule has 1 aromatic rings. The third kappa shape index (κ3) is 2.80. The third-order valence-corrected chi connectivity index (χ3v) is 5.23. The van der Waals surface area contributed by atoms with Crippen molar-refractivity contribution >= 4 is 11.8 Å². The number of ether oxygens (including phenoxy) is 1. The molecule has 0 amide bonds. The van der Waals surface area contributed by atoms with E-state index in [4.69, 9.17) is 9.26 Å². The van der Waals surface area contributed by atoms with E-state index in [1.807, 2.05) is 11.8 Å². The fourth-order valence-corrected chi connectivity index (χ4v) is 3.90. The second-order valence-corrected chi connectivity index (χ2v) is 6.50. The molecule has 2 fully saturated rings. The van der Waals surface area contributed by atoms with Crippen LogP contribution < -0.4 is 5.32 Å². The quantitative estimate of drug-likeness (QED) is 0.908. The lowest BCUT2D eigenvalue weighted by molar-refractivity contribution is -0.0178. The smallest absolute Gasteiger partial charge is 0.228 e. The normalized spacial score (nSPS) is 26.7. The molecule has 1 aliphatic carbocycles. The van der Waals surface area contributed by atoms with Gasteiger partial charge in [0.15, 0.2) is 0 Å². The first-order valence-corrected chi connectivity index (χ1v) is 8.17. The van der Waals surface area contributed by atoms with Gasteiger partial charge in [-0.15, -0.1) is 0 Å². The molecule has 0 radical (unpaired) electrons. The van der Waals surface area contributed by atoms with Gasteiger partial charge in [0, 0.05) is 37.6 Å². The molecule has 0 aromatic carbocycles. The number of hydrogen-bond donors (Lipinski definition) is 1. The summed E-state index contributed by atoms with van der Waals surface area (Å²) >= 11 is 1.98. The van der Waals surface area contributed by atoms with Crippen LogP contribution in [0.1, 0.15) is 37.4 Å². The zero-order chi connectivity index (χ0) is 13.1. The second kappa shape index (κ2) is 5.81. The topological polar surface area (TPSA) is 60.2 Å². The van der Waals surface area contributed by atoms with Gasteiger partial charge in [0.05, 0.1) is 0 Å². The Kier molecular flexibility index (Phi) is 4.10. The van der Waals surface area contributed by atoms with Gasteiger partial charge in [-0.3, -0.25) is 0 Å². The molecule has 1 saturated carbocycles. The summed E-state index contributed by atoms with van der Waals surface area (Å²) in [5.74, 6) is 3.79. The first-order valence-electron chi connectivity index (χ1n) is 7.02. The Bertz CT molecular complexity index is 412. The van der Waals surface area contributed by atoms with Crippen LogP contribution in [0.15, 0.2) is 4.52 Å². The maximum atomic E-state index is 5.68. The fraction of sp³-hybridized carbons (Fsp3) is 0.846. The standard InChI is InChI=1S/C13H21N3O2S/c1-17-13(4-2-3-5-13)12-15-11(18-16-12)8-10-9-19-7-6-14-10/h10,14H,2-9H2,1H3. The highest BCUT2D eigenvalue weighted by Gasteiger charge is 2.40. The predicted molar refractivity (Wildman–Crippen MR) is 74.3 cm³/mol. The lowest BCUT2D eigenvalue weighted by atomic mass is 10.0. The van der Waals surface area contributed by atoms with Gasteiger partial charge in [0.2, 0.25) is 11.7 Å². The summed E-state index contributed by atoms with van der Waals surface area (Å²) in [4.78, 5) is 4.58. The molecule has 19 heavy (non-hydrogen) atoms. The summed E-state index contributed by atoms with van der Waals surface area (Å²) in [7, 11) is 1.75. The highest BCUT2D eigenvalue weighted by molar-refractivity contribution is 7.99. The monoisotopic (exact) mass is 283 g/mol. The van der Waals surface area contributed by atoms with Gasteiger partial charge in [-0.1, -0.05) is 5.16 Å². The van der Waals surface area contributed by atoms with Gasteiger partial charge in [-0.25, -0.2) is 0 Å². The molecule has 106 valence electrons. The first-order chi connectivity index (χ1) is 9.32. The largest absolute Gasteiger partial charge is 0.370 e. The summed E-state index contributed by atoms with van der Waals surface area (Å²) in [6.07, 6.45) is 5.18. The Morgan fingerprint density at radius 3 is 3.00 bits per heavy atom. The number of aromatic nitrogens is 2. The lowest BCUT2D eigenvalue weighted by Gasteiger charge is -2.23. The minimum atomic E-state index is -0.295. The molecule has 0 bridgehead atoms. The Balaban J connectivity index is 1.68. The maximum Gasteiger partial charge on any atom is 0.228 e. The van der Waals surface area contributed by atoms with Crippen LogP contribution in [0.3, 0.4) is 0 Å². The average Bonchev–Trinajstić information content (AvgIpc) is 3.09. The van der Waals surface area contributed by atoms with Crippen LogP contribution in [-0.4, -0.2) is 41.3 Å². The first kappa shape index (κ1) is 13.4. The second-order valence-electron chi connectivity index (χ2n) is 5.35. The van der Waals surface area contributed by atoms with E-state index < -0.39 is 0 Å². The van der Waals surface area contributed by atoms with Gasteiger partial charge >= 0.3 is 0 Å². The number of nitrogens with zero attached hydrogens (tertiary/aromatic N) is 2. The van der Waals surface area contributed by atoms with Gasteiger partial charge in [-0.05, 0) is 25.7 Å². The van der Waals surface area contributed by atoms with Gasteiger partial charge in [0.25, 0.3) is 0 Å². The number of methoxy groups -OCH3 is 1. The third-order valence-electron chi connectivity index (χ3n) is 4.10. The molecule has 1 atom stereocenters. The molecule has 0 spiro atoms. The van der Waals surface area contributed by atoms with Crippen LogP contribution in [0.25, 0.3) is 0 Å². The SMILES string of the molecule is COC1(c2noc(CC3CSCCN3)n2)CCCC1. The molecule has 1 aromatic heterocycles. The molecule has 1 saturated heterocycles. The van der Waals surface area contributed by atoms with Crippen molar-refractivity contribution in [2.24, 2.45) is 0 Å². The van der Waals surface area contributed by atoms with Crippen LogP contribution >= 0.6 is 11.8 Å². The minimum absolute atomic E-state index is 0.295. The zero-order valence-electron chi connectivity index (χ0n) is 11.4. The maximum absolute atomic E-state index is 5.68. The van der Waals surface area contributed by atoms with Crippen LogP contribution in [0.4, 0.5) is 0 Å². The van der Waals surface area contributed by atoms with Crippen LogP contribution in [0.5, 0.6) is 0 Å². The summed E-state index contributed by atoms with van der Waals surface area (Å²) < 4.78 is 11.1. The van der Waals surface area contributed by atoms with Crippen molar-refractivity contribution in [2.75, 3.05) is 25.2 Å². The molecule has 1 aliphatic heterocycles. The number of thioether (sulfide) groups is 1. The fourth-order valence-electron chi connectivity index (χ4n) is 2.95. The van der Waals surface area contributed by atoms with Crippen molar-refractivity contribution in [3.63, 3.8) is 0 Å². The van der Waals surface area contributed by atoms with Gasteiger partial charge in [0.1, 0.15) is 5.60 Å². The van der Waals surface area contributed by atoms with Crippen LogP contribution in [0, 0.1) is 0 Å². The Morgan fingerprint density at radius 1 is 1.47 bits per heavy atom. The Morgan fingerprint density at radius 2 is 2.32 bits per heavy atom. The van der Waals surface area contributed by atoms with Crippen molar-refractivity contribution < 1.29 is 9.26 Å². The number of hydrogen-bond acceptors (Lipinski definition) is 6. The summed E-state index contributed by atoms with van der Waals surface area (Å²) in [6.45, 7) is 1.07. The number of nitrogens with one attached hydrogen (secondary N) is 1. The van der Waals surface area contributed by atoms with Crippen molar-refractivity contribution in [3.8, 4) is 0 Å². The molecule has 2 heterocycles. The van der Waals surface area contributed by atoms with Gasteiger partial charge < -0.3 is 14.6 Å². The Labute approximate surface area is 117 Å². The minimum Gasteiger partial charge on any atom is -0.370 e. The molecule has 1 unspecified atom stereocenters. The van der Waals surface area contributed by atoms with Crippen molar-refractivity contribution in [3.05, 3.63) is 11.7 Å². The molecule has 2 aliphatic rings. The lowest BCUT2D eigenvalue weighted by Crippen LogP contribution is -2.39. The van der Waals surface area contributed by atoms with Crippen LogP contribution in [0.2, 0.25) is 0 Å². The van der Waals surface area contributed by atoms with E-state index in [-0.39, 0.29) is 5.60 Å². The van der Waals surface area contributed by atoms with Crippen molar-refractivity contribution in [2.45, 2.75) is 43.7 Å². The van der Waals surface area contributed by atoms with E-state index >= 15 is 0 Å². The highest BCUT2D eigenvalue weighted by atomic mass is 32.2. The zero-order valence-corrected chi connectivity index (χ0v) is 12.2. The molecule has 3 rings (SSSR count). The molecule has 5 nitrogen and oxygen atoms in total. The van der Waals surface area contributed by atoms with E-state index in [0.717, 1.165) is 43.3 Å². The van der Waals surface area contributed by atoms with Crippen molar-refractivity contribution in [1.82, 2.24) is 15.5 Å². The highest BCUT2D eigenvalue weighted by Crippen LogP contribution is 2.40. The summed E-state index contributed by atoms with van der Waals surface area (Å²) in [5.41, 5.74) is -0.295. The molecular weight excluding hydrogens is 262 g/mol. The summed E-state index contributed by atoms with van der Waals surface area (Å²) in [5, 5.41) is 7.65. The van der Waals surface area contributed by atoms with E-state index in [1.165, 1.54) is 18.6 Å². The van der Waals surface area contributed by atoms with E-state index in [1.54, 1.807) is 7.11 Å². The van der Waals surface area contributed by atoms with E-state index in [2.05, 4.69) is 15.5 Å². The molecule has 6 heteroatoms. The molecule has 1 N–H and O–H groups in total. The van der Waals surface area contributed by atoms with Crippen molar-refractivity contribution in [1.29, 1.82) is 0 Å². The number of rotatable bonds is 4. The summed E-state index contributed by atoms with van der Waals surface area (Å²) in [6, 6.07) is 0.453. The van der Waals surface area contributed by atoms with Gasteiger partial charge in [-0.2, -0.15) is 16.7 Å². The van der Waals surface area contributed by atoms with E-state index in [9.17, 15) is 0 Å². The van der Waals surface area contributed by atoms with Crippen LogP contribution in [-0.2, 0) is 16.8 Å². The predicted octanol–water partition coefficient (Wildman–Crippen LogP) is 1.73.